The number of amides is 2. The van der Waals surface area contributed by atoms with E-state index in [1.807, 2.05) is 47.4 Å². The van der Waals surface area contributed by atoms with Crippen LogP contribution in [0, 0.1) is 0 Å². The van der Waals surface area contributed by atoms with Crippen LogP contribution in [0.4, 0.5) is 10.5 Å². The van der Waals surface area contributed by atoms with Crippen LogP contribution < -0.4 is 15.0 Å². The van der Waals surface area contributed by atoms with E-state index in [-0.39, 0.29) is 6.03 Å². The van der Waals surface area contributed by atoms with E-state index in [2.05, 4.69) is 27.3 Å². The Bertz CT molecular complexity index is 690. The van der Waals surface area contributed by atoms with Gasteiger partial charge in [0.15, 0.2) is 0 Å². The van der Waals surface area contributed by atoms with Crippen molar-refractivity contribution >= 4 is 27.6 Å². The molecule has 0 aliphatic carbocycles. The summed E-state index contributed by atoms with van der Waals surface area (Å²) in [6.45, 7) is 1.68. The first-order valence-corrected chi connectivity index (χ1v) is 8.55. The highest BCUT2D eigenvalue weighted by Gasteiger charge is 2.21. The van der Waals surface area contributed by atoms with Crippen LogP contribution in [0.3, 0.4) is 0 Å². The molecule has 0 aromatic heterocycles. The van der Waals surface area contributed by atoms with Crippen LogP contribution >= 0.6 is 15.9 Å². The minimum absolute atomic E-state index is 0.0602. The molecule has 4 nitrogen and oxygen atoms in total. The van der Waals surface area contributed by atoms with Gasteiger partial charge in [-0.15, -0.1) is 0 Å². The highest BCUT2D eigenvalue weighted by Crippen LogP contribution is 2.26. The number of aryl methyl sites for hydroxylation is 1. The molecule has 2 amide bonds. The third kappa shape index (κ3) is 4.05. The van der Waals surface area contributed by atoms with Gasteiger partial charge < -0.3 is 10.1 Å². The van der Waals surface area contributed by atoms with E-state index in [4.69, 9.17) is 4.74 Å². The zero-order chi connectivity index (χ0) is 16.1. The van der Waals surface area contributed by atoms with Gasteiger partial charge in [-0.3, -0.25) is 4.90 Å². The number of urea groups is 1. The van der Waals surface area contributed by atoms with Gasteiger partial charge in [-0.05, 0) is 42.7 Å². The Labute approximate surface area is 144 Å². The number of para-hydroxylation sites is 1. The molecular formula is C18H19BrN2O2. The summed E-state index contributed by atoms with van der Waals surface area (Å²) in [7, 11) is 0. The number of anilines is 1. The van der Waals surface area contributed by atoms with Gasteiger partial charge in [-0.1, -0.05) is 40.2 Å². The second-order valence-corrected chi connectivity index (χ2v) is 6.34. The summed E-state index contributed by atoms with van der Waals surface area (Å²) in [5.41, 5.74) is 2.25. The lowest BCUT2D eigenvalue weighted by molar-refractivity contribution is 0.241. The van der Waals surface area contributed by atoms with Gasteiger partial charge in [-0.2, -0.15) is 0 Å². The molecule has 1 heterocycles. The molecule has 2 aromatic rings. The number of benzene rings is 2. The molecule has 0 unspecified atom stereocenters. The van der Waals surface area contributed by atoms with Crippen molar-refractivity contribution in [2.75, 3.05) is 24.6 Å². The van der Waals surface area contributed by atoms with Crippen LogP contribution in [0.15, 0.2) is 53.0 Å². The van der Waals surface area contributed by atoms with Crippen molar-refractivity contribution < 1.29 is 9.53 Å². The average Bonchev–Trinajstić information content (AvgIpc) is 2.58. The molecule has 1 N–H and O–H groups in total. The Kier molecular flexibility index (Phi) is 5.18. The van der Waals surface area contributed by atoms with Crippen LogP contribution in [-0.2, 0) is 6.42 Å². The number of carbonyl (C=O) groups is 1. The van der Waals surface area contributed by atoms with E-state index in [1.54, 1.807) is 0 Å². The monoisotopic (exact) mass is 374 g/mol. The Morgan fingerprint density at radius 2 is 2.09 bits per heavy atom. The molecule has 0 saturated carbocycles. The van der Waals surface area contributed by atoms with Gasteiger partial charge in [0.1, 0.15) is 12.4 Å². The number of hydrogen-bond acceptors (Lipinski definition) is 2. The standard InChI is InChI=1S/C18H19BrN2O2/c19-15-7-3-8-16(13-15)23-12-10-20-18(22)21-11-4-6-14-5-1-2-9-17(14)21/h1-3,5,7-9,13H,4,6,10-12H2,(H,20,22). The lowest BCUT2D eigenvalue weighted by Crippen LogP contribution is -2.44. The molecule has 1 aliphatic heterocycles. The van der Waals surface area contributed by atoms with Crippen molar-refractivity contribution in [3.63, 3.8) is 0 Å². The second-order valence-electron chi connectivity index (χ2n) is 5.42. The predicted octanol–water partition coefficient (Wildman–Crippen LogP) is 3.99. The molecule has 1 aliphatic rings. The largest absolute Gasteiger partial charge is 0.492 e. The van der Waals surface area contributed by atoms with Crippen molar-refractivity contribution in [1.29, 1.82) is 0 Å². The first-order valence-electron chi connectivity index (χ1n) is 7.76. The van der Waals surface area contributed by atoms with Crippen molar-refractivity contribution in [3.8, 4) is 5.75 Å². The summed E-state index contributed by atoms with van der Waals surface area (Å²) in [6.07, 6.45) is 2.03. The van der Waals surface area contributed by atoms with Gasteiger partial charge in [0, 0.05) is 16.7 Å². The third-order valence-electron chi connectivity index (χ3n) is 3.80. The number of carbonyl (C=O) groups excluding carboxylic acids is 1. The summed E-state index contributed by atoms with van der Waals surface area (Å²) in [5.74, 6) is 0.789. The summed E-state index contributed by atoms with van der Waals surface area (Å²) in [6, 6.07) is 15.7. The average molecular weight is 375 g/mol. The fourth-order valence-corrected chi connectivity index (χ4v) is 3.10. The van der Waals surface area contributed by atoms with E-state index in [9.17, 15) is 4.79 Å². The van der Waals surface area contributed by atoms with Crippen molar-refractivity contribution in [2.45, 2.75) is 12.8 Å². The second kappa shape index (κ2) is 7.51. The molecule has 0 atom stereocenters. The Morgan fingerprint density at radius 3 is 2.96 bits per heavy atom. The van der Waals surface area contributed by atoms with Crippen molar-refractivity contribution in [3.05, 3.63) is 58.6 Å². The molecule has 2 aromatic carbocycles. The Morgan fingerprint density at radius 1 is 1.22 bits per heavy atom. The van der Waals surface area contributed by atoms with Crippen molar-refractivity contribution in [1.82, 2.24) is 5.32 Å². The van der Waals surface area contributed by atoms with Crippen molar-refractivity contribution in [2.24, 2.45) is 0 Å². The molecule has 0 bridgehead atoms. The molecule has 0 spiro atoms. The van der Waals surface area contributed by atoms with Gasteiger partial charge in [0.05, 0.1) is 6.54 Å². The van der Waals surface area contributed by atoms with E-state index < -0.39 is 0 Å². The fourth-order valence-electron chi connectivity index (χ4n) is 2.72. The van der Waals surface area contributed by atoms with Gasteiger partial charge in [0.2, 0.25) is 0 Å². The molecule has 0 radical (unpaired) electrons. The number of fused-ring (bicyclic) bond motifs is 1. The van der Waals surface area contributed by atoms with Crippen LogP contribution in [0.25, 0.3) is 0 Å². The maximum Gasteiger partial charge on any atom is 0.321 e. The predicted molar refractivity (Wildman–Crippen MR) is 95.1 cm³/mol. The molecule has 5 heteroatoms. The number of nitrogens with one attached hydrogen (secondary N) is 1. The maximum atomic E-state index is 12.4. The first kappa shape index (κ1) is 15.9. The number of ether oxygens (including phenoxy) is 1. The highest BCUT2D eigenvalue weighted by atomic mass is 79.9. The lowest BCUT2D eigenvalue weighted by Gasteiger charge is -2.29. The fraction of sp³-hybridized carbons (Fsp3) is 0.278. The SMILES string of the molecule is O=C(NCCOc1cccc(Br)c1)N1CCCc2ccccc21. The minimum atomic E-state index is -0.0602. The Balaban J connectivity index is 1.50. The summed E-state index contributed by atoms with van der Waals surface area (Å²) in [4.78, 5) is 14.2. The van der Waals surface area contributed by atoms with Crippen LogP contribution in [0.5, 0.6) is 5.75 Å². The zero-order valence-electron chi connectivity index (χ0n) is 12.8. The molecule has 0 fully saturated rings. The summed E-state index contributed by atoms with van der Waals surface area (Å²) < 4.78 is 6.61. The van der Waals surface area contributed by atoms with Gasteiger partial charge in [0.25, 0.3) is 0 Å². The van der Waals surface area contributed by atoms with Gasteiger partial charge in [-0.25, -0.2) is 4.79 Å². The lowest BCUT2D eigenvalue weighted by atomic mass is 10.0. The van der Waals surface area contributed by atoms with Gasteiger partial charge >= 0.3 is 6.03 Å². The number of hydrogen-bond donors (Lipinski definition) is 1. The topological polar surface area (TPSA) is 41.6 Å². The minimum Gasteiger partial charge on any atom is -0.492 e. The first-order chi connectivity index (χ1) is 11.2. The van der Waals surface area contributed by atoms with Crippen LogP contribution in [0.2, 0.25) is 0 Å². The van der Waals surface area contributed by atoms with E-state index in [1.165, 1.54) is 5.56 Å². The summed E-state index contributed by atoms with van der Waals surface area (Å²) >= 11 is 3.41. The zero-order valence-corrected chi connectivity index (χ0v) is 14.4. The smallest absolute Gasteiger partial charge is 0.321 e. The molecule has 23 heavy (non-hydrogen) atoms. The molecule has 0 saturated heterocycles. The molecule has 3 rings (SSSR count). The quantitative estimate of drug-likeness (QED) is 0.822. The molecule has 120 valence electrons. The number of nitrogens with zero attached hydrogens (tertiary/aromatic N) is 1. The molecular weight excluding hydrogens is 356 g/mol. The number of halogens is 1. The van der Waals surface area contributed by atoms with E-state index in [0.29, 0.717) is 13.2 Å². The van der Waals surface area contributed by atoms with Crippen LogP contribution in [0.1, 0.15) is 12.0 Å². The Hall–Kier alpha value is -2.01. The maximum absolute atomic E-state index is 12.4. The normalized spacial score (nSPS) is 13.3. The number of rotatable bonds is 4. The van der Waals surface area contributed by atoms with E-state index >= 15 is 0 Å². The van der Waals surface area contributed by atoms with Crippen LogP contribution in [-0.4, -0.2) is 25.7 Å². The third-order valence-corrected chi connectivity index (χ3v) is 4.29. The summed E-state index contributed by atoms with van der Waals surface area (Å²) in [5, 5.41) is 2.93. The van der Waals surface area contributed by atoms with E-state index in [0.717, 1.165) is 35.3 Å². The highest BCUT2D eigenvalue weighted by molar-refractivity contribution is 9.10.